The Hall–Kier alpha value is -0.620. The van der Waals surface area contributed by atoms with Crippen LogP contribution in [0.2, 0.25) is 0 Å². The van der Waals surface area contributed by atoms with E-state index in [0.29, 0.717) is 0 Å². The number of halogens is 1. The third-order valence-electron chi connectivity index (χ3n) is 4.12. The lowest BCUT2D eigenvalue weighted by molar-refractivity contribution is 0.484. The van der Waals surface area contributed by atoms with Crippen molar-refractivity contribution in [3.63, 3.8) is 0 Å². The molecule has 0 unspecified atom stereocenters. The summed E-state index contributed by atoms with van der Waals surface area (Å²) < 4.78 is 24.8. The molecule has 1 heterocycles. The van der Waals surface area contributed by atoms with Gasteiger partial charge in [0.1, 0.15) is 5.82 Å². The molecule has 0 saturated heterocycles. The summed E-state index contributed by atoms with van der Waals surface area (Å²) in [7, 11) is 1.63. The molecule has 0 radical (unpaired) electrons. The van der Waals surface area contributed by atoms with Gasteiger partial charge in [0.05, 0.1) is 0 Å². The Morgan fingerprint density at radius 1 is 1.16 bits per heavy atom. The van der Waals surface area contributed by atoms with Crippen molar-refractivity contribution in [2.24, 2.45) is 5.92 Å². The number of rotatable bonds is 5. The van der Waals surface area contributed by atoms with Crippen molar-refractivity contribution in [2.75, 3.05) is 0 Å². The van der Waals surface area contributed by atoms with E-state index >= 15 is 0 Å². The minimum Gasteiger partial charge on any atom is -0.298 e. The van der Waals surface area contributed by atoms with E-state index in [1.54, 1.807) is 4.57 Å². The van der Waals surface area contributed by atoms with Gasteiger partial charge in [-0.1, -0.05) is 25.7 Å². The van der Waals surface area contributed by atoms with Gasteiger partial charge < -0.3 is 0 Å². The van der Waals surface area contributed by atoms with Crippen LogP contribution in [-0.4, -0.2) is 23.2 Å². The van der Waals surface area contributed by atoms with Crippen LogP contribution in [0.3, 0.4) is 0 Å². The van der Waals surface area contributed by atoms with Gasteiger partial charge in [-0.3, -0.25) is 4.57 Å². The van der Waals surface area contributed by atoms with Crippen LogP contribution in [0.25, 0.3) is 0 Å². The smallest absolute Gasteiger partial charge is 0.296 e. The first-order valence-corrected chi connectivity index (χ1v) is 9.25. The van der Waals surface area contributed by atoms with Gasteiger partial charge in [-0.15, -0.1) is 10.2 Å². The van der Waals surface area contributed by atoms with E-state index < -0.39 is 9.05 Å². The molecule has 0 N–H and O–H groups in total. The van der Waals surface area contributed by atoms with Crippen LogP contribution in [0.4, 0.5) is 0 Å². The first-order valence-electron chi connectivity index (χ1n) is 6.94. The first-order chi connectivity index (χ1) is 9.05. The molecule has 2 aliphatic carbocycles. The average molecular weight is 304 g/mol. The highest BCUT2D eigenvalue weighted by Crippen LogP contribution is 2.38. The second-order valence-corrected chi connectivity index (χ2v) is 8.09. The number of nitrogens with zero attached hydrogens (tertiary/aromatic N) is 3. The number of hydrogen-bond donors (Lipinski definition) is 0. The van der Waals surface area contributed by atoms with Gasteiger partial charge in [-0.25, -0.2) is 8.42 Å². The van der Waals surface area contributed by atoms with Gasteiger partial charge in [0.25, 0.3) is 14.2 Å². The molecule has 1 aromatic rings. The predicted octanol–water partition coefficient (Wildman–Crippen LogP) is 2.66. The number of aryl methyl sites for hydroxylation is 1. The quantitative estimate of drug-likeness (QED) is 0.784. The highest BCUT2D eigenvalue weighted by Gasteiger charge is 2.33. The Morgan fingerprint density at radius 3 is 2.42 bits per heavy atom. The van der Waals surface area contributed by atoms with Gasteiger partial charge in [0.15, 0.2) is 0 Å². The normalized spacial score (nSPS) is 21.1. The van der Waals surface area contributed by atoms with Crippen LogP contribution in [0.15, 0.2) is 5.16 Å². The molecule has 3 rings (SSSR count). The molecule has 0 aliphatic heterocycles. The molecule has 7 heteroatoms. The lowest BCUT2D eigenvalue weighted by atomic mass is 10.0. The van der Waals surface area contributed by atoms with E-state index in [-0.39, 0.29) is 11.2 Å². The van der Waals surface area contributed by atoms with E-state index in [0.717, 1.165) is 37.4 Å². The van der Waals surface area contributed by atoms with Crippen molar-refractivity contribution < 1.29 is 8.42 Å². The zero-order valence-electron chi connectivity index (χ0n) is 10.8. The topological polar surface area (TPSA) is 64.8 Å². The standard InChI is InChI=1S/C12H18ClN3O2S/c13-19(17,18)12-15-14-11(16(12)10-6-7-10)8-5-9-3-1-2-4-9/h9-10H,1-8H2. The maximum Gasteiger partial charge on any atom is 0.296 e. The molecule has 106 valence electrons. The Kier molecular flexibility index (Phi) is 3.55. The number of aromatic nitrogens is 3. The fourth-order valence-electron chi connectivity index (χ4n) is 2.98. The fourth-order valence-corrected chi connectivity index (χ4v) is 3.92. The van der Waals surface area contributed by atoms with Crippen LogP contribution >= 0.6 is 10.7 Å². The van der Waals surface area contributed by atoms with Crippen LogP contribution < -0.4 is 0 Å². The molecular weight excluding hydrogens is 286 g/mol. The Bertz CT molecular complexity index is 560. The average Bonchev–Trinajstić information content (AvgIpc) is 2.90. The summed E-state index contributed by atoms with van der Waals surface area (Å²) in [5.74, 6) is 1.55. The van der Waals surface area contributed by atoms with E-state index in [4.69, 9.17) is 10.7 Å². The Balaban J connectivity index is 1.79. The summed E-state index contributed by atoms with van der Waals surface area (Å²) in [5.41, 5.74) is 0. The van der Waals surface area contributed by atoms with Crippen molar-refractivity contribution in [3.8, 4) is 0 Å². The van der Waals surface area contributed by atoms with Gasteiger partial charge in [0, 0.05) is 23.1 Å². The molecule has 1 aromatic heterocycles. The maximum atomic E-state index is 11.5. The minimum atomic E-state index is -3.79. The maximum absolute atomic E-state index is 11.5. The van der Waals surface area contributed by atoms with Gasteiger partial charge in [0.2, 0.25) is 0 Å². The lowest BCUT2D eigenvalue weighted by Gasteiger charge is -2.10. The molecule has 0 atom stereocenters. The van der Waals surface area contributed by atoms with Gasteiger partial charge in [-0.05, 0) is 25.2 Å². The highest BCUT2D eigenvalue weighted by atomic mass is 35.7. The van der Waals surface area contributed by atoms with Crippen molar-refractivity contribution in [1.29, 1.82) is 0 Å². The van der Waals surface area contributed by atoms with E-state index in [1.165, 1.54) is 25.7 Å². The van der Waals surface area contributed by atoms with Crippen molar-refractivity contribution >= 4 is 19.7 Å². The molecule has 19 heavy (non-hydrogen) atoms. The zero-order valence-corrected chi connectivity index (χ0v) is 12.3. The molecule has 2 saturated carbocycles. The summed E-state index contributed by atoms with van der Waals surface area (Å²) in [6.07, 6.45) is 9.09. The summed E-state index contributed by atoms with van der Waals surface area (Å²) in [5, 5.41) is 7.77. The predicted molar refractivity (Wildman–Crippen MR) is 71.6 cm³/mol. The monoisotopic (exact) mass is 303 g/mol. The van der Waals surface area contributed by atoms with Crippen molar-refractivity contribution in [1.82, 2.24) is 14.8 Å². The fraction of sp³-hybridized carbons (Fsp3) is 0.833. The van der Waals surface area contributed by atoms with Crippen LogP contribution in [0.5, 0.6) is 0 Å². The molecular formula is C12H18ClN3O2S. The van der Waals surface area contributed by atoms with E-state index in [1.807, 2.05) is 0 Å². The summed E-state index contributed by atoms with van der Waals surface area (Å²) >= 11 is 0. The van der Waals surface area contributed by atoms with Crippen molar-refractivity contribution in [3.05, 3.63) is 5.82 Å². The highest BCUT2D eigenvalue weighted by molar-refractivity contribution is 8.13. The Morgan fingerprint density at radius 2 is 1.84 bits per heavy atom. The molecule has 0 aromatic carbocycles. The Labute approximate surface area is 117 Å². The summed E-state index contributed by atoms with van der Waals surface area (Å²) in [6.45, 7) is 0. The molecule has 2 aliphatic rings. The molecule has 0 amide bonds. The molecule has 2 fully saturated rings. The lowest BCUT2D eigenvalue weighted by Crippen LogP contribution is -2.09. The summed E-state index contributed by atoms with van der Waals surface area (Å²) in [6, 6.07) is 0.233. The summed E-state index contributed by atoms with van der Waals surface area (Å²) in [4.78, 5) is 0. The third-order valence-corrected chi connectivity index (χ3v) is 5.24. The van der Waals surface area contributed by atoms with Crippen LogP contribution in [-0.2, 0) is 15.5 Å². The molecule has 0 spiro atoms. The van der Waals surface area contributed by atoms with Crippen LogP contribution in [0, 0.1) is 5.92 Å². The SMILES string of the molecule is O=S(=O)(Cl)c1nnc(CCC2CCCC2)n1C1CC1. The van der Waals surface area contributed by atoms with Gasteiger partial charge >= 0.3 is 0 Å². The van der Waals surface area contributed by atoms with E-state index in [9.17, 15) is 8.42 Å². The molecule has 5 nitrogen and oxygen atoms in total. The van der Waals surface area contributed by atoms with Crippen molar-refractivity contribution in [2.45, 2.75) is 62.6 Å². The molecule has 0 bridgehead atoms. The second-order valence-electron chi connectivity index (χ2n) is 5.63. The largest absolute Gasteiger partial charge is 0.298 e. The van der Waals surface area contributed by atoms with E-state index in [2.05, 4.69) is 10.2 Å². The second kappa shape index (κ2) is 5.05. The zero-order chi connectivity index (χ0) is 13.5. The first kappa shape index (κ1) is 13.4. The van der Waals surface area contributed by atoms with Crippen LogP contribution in [0.1, 0.15) is 56.8 Å². The number of hydrogen-bond acceptors (Lipinski definition) is 4. The minimum absolute atomic E-state index is 0.0712. The third kappa shape index (κ3) is 2.94. The van der Waals surface area contributed by atoms with Gasteiger partial charge in [-0.2, -0.15) is 0 Å².